The van der Waals surface area contributed by atoms with Crippen molar-refractivity contribution in [3.05, 3.63) is 0 Å². The van der Waals surface area contributed by atoms with Gasteiger partial charge in [0.25, 0.3) is 0 Å². The van der Waals surface area contributed by atoms with Crippen molar-refractivity contribution in [2.45, 2.75) is 57.9 Å². The number of rotatable bonds is 5. The monoisotopic (exact) mass is 225 g/mol. The molecule has 0 amide bonds. The van der Waals surface area contributed by atoms with Gasteiger partial charge in [-0.25, -0.2) is 0 Å². The molecule has 2 saturated carbocycles. The number of nitrogens with one attached hydrogen (secondary N) is 1. The van der Waals surface area contributed by atoms with E-state index in [0.29, 0.717) is 18.6 Å². The van der Waals surface area contributed by atoms with Gasteiger partial charge in [0.05, 0.1) is 0 Å². The van der Waals surface area contributed by atoms with Crippen molar-refractivity contribution in [1.29, 1.82) is 0 Å². The van der Waals surface area contributed by atoms with Crippen molar-refractivity contribution in [2.24, 2.45) is 17.8 Å². The van der Waals surface area contributed by atoms with Crippen LogP contribution in [0.5, 0.6) is 0 Å². The molecule has 3 unspecified atom stereocenters. The smallest absolute Gasteiger partial charge is 0.0462 e. The summed E-state index contributed by atoms with van der Waals surface area (Å²) in [5.74, 6) is 2.21. The average molecular weight is 225 g/mol. The maximum Gasteiger partial charge on any atom is 0.0462 e. The lowest BCUT2D eigenvalue weighted by Crippen LogP contribution is -2.37. The molecule has 0 radical (unpaired) electrons. The molecule has 0 aliphatic heterocycles. The molecule has 2 heteroatoms. The van der Waals surface area contributed by atoms with Crippen LogP contribution < -0.4 is 5.32 Å². The topological polar surface area (TPSA) is 32.3 Å². The molecule has 16 heavy (non-hydrogen) atoms. The Labute approximate surface area is 99.8 Å². The highest BCUT2D eigenvalue weighted by atomic mass is 16.3. The predicted octanol–water partition coefficient (Wildman–Crippen LogP) is 2.56. The molecule has 0 aromatic heterocycles. The van der Waals surface area contributed by atoms with E-state index >= 15 is 0 Å². The first-order valence-corrected chi connectivity index (χ1v) is 7.15. The Bertz CT molecular complexity index is 201. The summed E-state index contributed by atoms with van der Waals surface area (Å²) in [6, 6.07) is 0.683. The average Bonchev–Trinajstić information content (AvgIpc) is 2.96. The zero-order chi connectivity index (χ0) is 11.4. The van der Waals surface area contributed by atoms with Crippen LogP contribution in [0.2, 0.25) is 0 Å². The minimum Gasteiger partial charge on any atom is -0.396 e. The molecular weight excluding hydrogens is 198 g/mol. The first-order valence-electron chi connectivity index (χ1n) is 7.15. The van der Waals surface area contributed by atoms with Crippen molar-refractivity contribution in [3.8, 4) is 0 Å². The summed E-state index contributed by atoms with van der Waals surface area (Å²) >= 11 is 0. The highest BCUT2D eigenvalue weighted by molar-refractivity contribution is 4.82. The molecular formula is C14H27NO. The summed E-state index contributed by atoms with van der Waals surface area (Å²) in [5, 5.41) is 13.0. The molecule has 2 aliphatic carbocycles. The lowest BCUT2D eigenvalue weighted by atomic mass is 9.95. The SMILES string of the molecule is CC(NCC1CCCC1CO)C1CCCC1. The number of aliphatic hydroxyl groups is 1. The second-order valence-corrected chi connectivity index (χ2v) is 5.88. The van der Waals surface area contributed by atoms with Crippen LogP contribution >= 0.6 is 0 Å². The Balaban J connectivity index is 1.69. The zero-order valence-electron chi connectivity index (χ0n) is 10.6. The molecule has 2 N–H and O–H groups in total. The summed E-state index contributed by atoms with van der Waals surface area (Å²) in [4.78, 5) is 0. The van der Waals surface area contributed by atoms with Gasteiger partial charge >= 0.3 is 0 Å². The molecule has 0 bridgehead atoms. The van der Waals surface area contributed by atoms with Crippen molar-refractivity contribution >= 4 is 0 Å². The summed E-state index contributed by atoms with van der Waals surface area (Å²) in [6.07, 6.45) is 9.56. The van der Waals surface area contributed by atoms with Crippen LogP contribution in [-0.2, 0) is 0 Å². The summed E-state index contributed by atoms with van der Waals surface area (Å²) in [7, 11) is 0. The van der Waals surface area contributed by atoms with Crippen LogP contribution in [0.4, 0.5) is 0 Å². The normalized spacial score (nSPS) is 33.4. The van der Waals surface area contributed by atoms with Gasteiger partial charge in [-0.3, -0.25) is 0 Å². The molecule has 2 nitrogen and oxygen atoms in total. The Hall–Kier alpha value is -0.0800. The fourth-order valence-corrected chi connectivity index (χ4v) is 3.58. The highest BCUT2D eigenvalue weighted by Crippen LogP contribution is 2.32. The van der Waals surface area contributed by atoms with Crippen LogP contribution in [0.3, 0.4) is 0 Å². The van der Waals surface area contributed by atoms with Gasteiger partial charge in [-0.2, -0.15) is 0 Å². The third kappa shape index (κ3) is 2.98. The van der Waals surface area contributed by atoms with Gasteiger partial charge in [-0.1, -0.05) is 19.3 Å². The van der Waals surface area contributed by atoms with E-state index < -0.39 is 0 Å². The number of hydrogen-bond acceptors (Lipinski definition) is 2. The van der Waals surface area contributed by atoms with E-state index in [9.17, 15) is 5.11 Å². The predicted molar refractivity (Wildman–Crippen MR) is 67.3 cm³/mol. The van der Waals surface area contributed by atoms with Gasteiger partial charge in [-0.15, -0.1) is 0 Å². The minimum atomic E-state index is 0.393. The maximum absolute atomic E-state index is 9.29. The third-order valence-electron chi connectivity index (χ3n) is 4.86. The van der Waals surface area contributed by atoms with Crippen molar-refractivity contribution < 1.29 is 5.11 Å². The van der Waals surface area contributed by atoms with Crippen molar-refractivity contribution in [2.75, 3.05) is 13.2 Å². The molecule has 94 valence electrons. The summed E-state index contributed by atoms with van der Waals surface area (Å²) in [5.41, 5.74) is 0. The van der Waals surface area contributed by atoms with Gasteiger partial charge in [0.1, 0.15) is 0 Å². The van der Waals surface area contributed by atoms with Crippen molar-refractivity contribution in [1.82, 2.24) is 5.32 Å². The minimum absolute atomic E-state index is 0.393. The molecule has 3 atom stereocenters. The van der Waals surface area contributed by atoms with E-state index in [1.165, 1.54) is 44.9 Å². The van der Waals surface area contributed by atoms with Crippen molar-refractivity contribution in [3.63, 3.8) is 0 Å². The Morgan fingerprint density at radius 2 is 1.75 bits per heavy atom. The van der Waals surface area contributed by atoms with Crippen LogP contribution in [0.15, 0.2) is 0 Å². The van der Waals surface area contributed by atoms with Crippen LogP contribution in [0.25, 0.3) is 0 Å². The number of aliphatic hydroxyl groups excluding tert-OH is 1. The largest absolute Gasteiger partial charge is 0.396 e. The Morgan fingerprint density at radius 1 is 1.06 bits per heavy atom. The Kier molecular flexibility index (Phi) is 4.66. The van der Waals surface area contributed by atoms with Gasteiger partial charge < -0.3 is 10.4 Å². The standard InChI is InChI=1S/C14H27NO/c1-11(12-5-2-3-6-12)15-9-13-7-4-8-14(13)10-16/h11-16H,2-10H2,1H3. The van der Waals surface area contributed by atoms with Crippen LogP contribution in [-0.4, -0.2) is 24.3 Å². The second-order valence-electron chi connectivity index (χ2n) is 5.88. The zero-order valence-corrected chi connectivity index (χ0v) is 10.6. The molecule has 0 saturated heterocycles. The summed E-state index contributed by atoms with van der Waals surface area (Å²) in [6.45, 7) is 3.87. The van der Waals surface area contributed by atoms with E-state index in [4.69, 9.17) is 0 Å². The Morgan fingerprint density at radius 3 is 2.44 bits per heavy atom. The molecule has 2 rings (SSSR count). The van der Waals surface area contributed by atoms with E-state index in [1.807, 2.05) is 0 Å². The quantitative estimate of drug-likeness (QED) is 0.753. The molecule has 2 fully saturated rings. The van der Waals surface area contributed by atoms with Gasteiger partial charge in [0.2, 0.25) is 0 Å². The fraction of sp³-hybridized carbons (Fsp3) is 1.00. The second kappa shape index (κ2) is 6.02. The fourth-order valence-electron chi connectivity index (χ4n) is 3.58. The van der Waals surface area contributed by atoms with Crippen LogP contribution in [0.1, 0.15) is 51.9 Å². The van der Waals surface area contributed by atoms with Crippen LogP contribution in [0, 0.1) is 17.8 Å². The van der Waals surface area contributed by atoms with E-state index in [2.05, 4.69) is 12.2 Å². The first kappa shape index (κ1) is 12.4. The van der Waals surface area contributed by atoms with E-state index in [-0.39, 0.29) is 0 Å². The molecule has 2 aliphatic rings. The lowest BCUT2D eigenvalue weighted by Gasteiger charge is -2.24. The number of hydrogen-bond donors (Lipinski definition) is 2. The van der Waals surface area contributed by atoms with Gasteiger partial charge in [0, 0.05) is 12.6 Å². The molecule has 0 heterocycles. The van der Waals surface area contributed by atoms with E-state index in [1.54, 1.807) is 0 Å². The molecule has 0 aromatic carbocycles. The molecule has 0 spiro atoms. The third-order valence-corrected chi connectivity index (χ3v) is 4.86. The summed E-state index contributed by atoms with van der Waals surface area (Å²) < 4.78 is 0. The molecule has 0 aromatic rings. The lowest BCUT2D eigenvalue weighted by molar-refractivity contribution is 0.188. The van der Waals surface area contributed by atoms with Gasteiger partial charge in [0.15, 0.2) is 0 Å². The maximum atomic E-state index is 9.29. The first-order chi connectivity index (χ1) is 7.81. The van der Waals surface area contributed by atoms with E-state index in [0.717, 1.165) is 18.4 Å². The van der Waals surface area contributed by atoms with Gasteiger partial charge in [-0.05, 0) is 56.9 Å². The highest BCUT2D eigenvalue weighted by Gasteiger charge is 2.28.